The maximum absolute atomic E-state index is 5.78. The van der Waals surface area contributed by atoms with E-state index < -0.39 is 0 Å². The summed E-state index contributed by atoms with van der Waals surface area (Å²) in [6.07, 6.45) is 4.96. The van der Waals surface area contributed by atoms with Gasteiger partial charge in [-0.3, -0.25) is 0 Å². The van der Waals surface area contributed by atoms with E-state index in [4.69, 9.17) is 9.72 Å². The van der Waals surface area contributed by atoms with Crippen molar-refractivity contribution in [1.29, 1.82) is 0 Å². The summed E-state index contributed by atoms with van der Waals surface area (Å²) < 4.78 is 5.78. The molecule has 1 saturated heterocycles. The van der Waals surface area contributed by atoms with Gasteiger partial charge in [-0.05, 0) is 39.2 Å². The number of rotatable bonds is 3. The quantitative estimate of drug-likeness (QED) is 0.896. The van der Waals surface area contributed by atoms with Crippen LogP contribution in [0.3, 0.4) is 0 Å². The van der Waals surface area contributed by atoms with Crippen LogP contribution in [0, 0.1) is 0 Å². The summed E-state index contributed by atoms with van der Waals surface area (Å²) in [4.78, 5) is 6.40. The highest BCUT2D eigenvalue weighted by Crippen LogP contribution is 2.40. The van der Waals surface area contributed by atoms with Crippen LogP contribution < -0.4 is 5.32 Å². The molecule has 1 aromatic heterocycles. The van der Waals surface area contributed by atoms with E-state index in [0.717, 1.165) is 19.6 Å². The molecule has 0 saturated carbocycles. The number of fused-ring (bicyclic) bond motifs is 1. The van der Waals surface area contributed by atoms with Gasteiger partial charge in [-0.25, -0.2) is 4.98 Å². The second-order valence-corrected chi connectivity index (χ2v) is 6.09. The molecule has 0 spiro atoms. The molecule has 2 aliphatic rings. The van der Waals surface area contributed by atoms with Crippen molar-refractivity contribution in [2.45, 2.75) is 51.2 Å². The van der Waals surface area contributed by atoms with Crippen LogP contribution >= 0.6 is 11.3 Å². The number of hydrogen-bond acceptors (Lipinski definition) is 4. The number of ether oxygens (including phenoxy) is 1. The molecule has 2 atom stereocenters. The number of hydrogen-bond donors (Lipinski definition) is 1. The van der Waals surface area contributed by atoms with Gasteiger partial charge in [-0.2, -0.15) is 0 Å². The van der Waals surface area contributed by atoms with Crippen molar-refractivity contribution in [3.63, 3.8) is 0 Å². The minimum absolute atomic E-state index is 0.0241. The fraction of sp³-hybridized carbons (Fsp3) is 0.769. The van der Waals surface area contributed by atoms with Crippen LogP contribution in [-0.4, -0.2) is 24.2 Å². The number of thiazole rings is 1. The van der Waals surface area contributed by atoms with Crippen molar-refractivity contribution in [3.8, 4) is 0 Å². The van der Waals surface area contributed by atoms with Crippen molar-refractivity contribution in [2.75, 3.05) is 13.2 Å². The summed E-state index contributed by atoms with van der Waals surface area (Å²) in [6.45, 7) is 6.15. The van der Waals surface area contributed by atoms with Gasteiger partial charge < -0.3 is 10.1 Å². The molecule has 1 aliphatic heterocycles. The van der Waals surface area contributed by atoms with Crippen LogP contribution in [0.5, 0.6) is 0 Å². The first kappa shape index (κ1) is 11.6. The zero-order valence-corrected chi connectivity index (χ0v) is 11.4. The first-order valence-corrected chi connectivity index (χ1v) is 7.43. The minimum atomic E-state index is -0.0241. The molecule has 0 amide bonds. The minimum Gasteiger partial charge on any atom is -0.376 e. The highest BCUT2D eigenvalue weighted by Gasteiger charge is 2.45. The lowest BCUT2D eigenvalue weighted by Crippen LogP contribution is -2.47. The van der Waals surface area contributed by atoms with Crippen molar-refractivity contribution >= 4 is 11.3 Å². The van der Waals surface area contributed by atoms with Gasteiger partial charge in [-0.15, -0.1) is 11.3 Å². The summed E-state index contributed by atoms with van der Waals surface area (Å²) in [5.41, 5.74) is 1.32. The van der Waals surface area contributed by atoms with Gasteiger partial charge in [0.1, 0.15) is 5.01 Å². The fourth-order valence-electron chi connectivity index (χ4n) is 3.03. The van der Waals surface area contributed by atoms with E-state index in [0.29, 0.717) is 0 Å². The van der Waals surface area contributed by atoms with E-state index in [-0.39, 0.29) is 11.6 Å². The van der Waals surface area contributed by atoms with Gasteiger partial charge in [0, 0.05) is 11.5 Å². The summed E-state index contributed by atoms with van der Waals surface area (Å²) in [7, 11) is 0. The molecule has 1 N–H and O–H groups in total. The maximum Gasteiger partial charge on any atom is 0.116 e. The third-order valence-electron chi connectivity index (χ3n) is 4.03. The molecule has 0 radical (unpaired) electrons. The molecule has 0 aromatic carbocycles. The number of aromatic nitrogens is 1. The van der Waals surface area contributed by atoms with Crippen LogP contribution in [0.1, 0.15) is 42.3 Å². The Kier molecular flexibility index (Phi) is 2.97. The van der Waals surface area contributed by atoms with Crippen molar-refractivity contribution in [1.82, 2.24) is 10.3 Å². The number of nitrogens with one attached hydrogen (secondary N) is 1. The smallest absolute Gasteiger partial charge is 0.116 e. The normalized spacial score (nSPS) is 32.0. The first-order chi connectivity index (χ1) is 8.26. The van der Waals surface area contributed by atoms with Gasteiger partial charge in [0.2, 0.25) is 0 Å². The largest absolute Gasteiger partial charge is 0.376 e. The highest BCUT2D eigenvalue weighted by atomic mass is 32.1. The topological polar surface area (TPSA) is 34.2 Å². The van der Waals surface area contributed by atoms with Crippen LogP contribution in [0.4, 0.5) is 0 Å². The highest BCUT2D eigenvalue weighted by molar-refractivity contribution is 7.12. The van der Waals surface area contributed by atoms with Crippen LogP contribution in [-0.2, 0) is 23.1 Å². The lowest BCUT2D eigenvalue weighted by atomic mass is 9.92. The van der Waals surface area contributed by atoms with Crippen molar-refractivity contribution in [3.05, 3.63) is 15.6 Å². The van der Waals surface area contributed by atoms with Crippen molar-refractivity contribution < 1.29 is 4.74 Å². The predicted molar refractivity (Wildman–Crippen MR) is 69.5 cm³/mol. The molecular formula is C13H20N2OS. The number of likely N-dealkylation sites (N-methyl/N-ethyl adjacent to an activating group) is 1. The van der Waals surface area contributed by atoms with Gasteiger partial charge in [-0.1, -0.05) is 6.92 Å². The predicted octanol–water partition coefficient (Wildman–Crippen LogP) is 2.25. The Bertz CT molecular complexity index is 396. The Hall–Kier alpha value is -0.450. The summed E-state index contributed by atoms with van der Waals surface area (Å²) >= 11 is 1.91. The van der Waals surface area contributed by atoms with Gasteiger partial charge in [0.15, 0.2) is 0 Å². The van der Waals surface area contributed by atoms with E-state index in [2.05, 4.69) is 19.2 Å². The Labute approximate surface area is 107 Å². The third-order valence-corrected chi connectivity index (χ3v) is 5.36. The molecule has 3 rings (SSSR count). The number of nitrogens with zero attached hydrogens (tertiary/aromatic N) is 1. The second-order valence-electron chi connectivity index (χ2n) is 5.01. The SMILES string of the molecule is CCNC1(c2nc3c(s2)CCC3)CCOC1C. The Balaban J connectivity index is 1.97. The van der Waals surface area contributed by atoms with Gasteiger partial charge in [0.05, 0.1) is 17.3 Å². The lowest BCUT2D eigenvalue weighted by Gasteiger charge is -2.31. The van der Waals surface area contributed by atoms with Crippen LogP contribution in [0.25, 0.3) is 0 Å². The standard InChI is InChI=1S/C13H20N2OS/c1-3-14-13(7-8-16-9(13)2)12-15-10-5-4-6-11(10)17-12/h9,14H,3-8H2,1-2H3. The molecule has 2 heterocycles. The Morgan fingerprint density at radius 2 is 2.41 bits per heavy atom. The third kappa shape index (κ3) is 1.74. The molecule has 3 nitrogen and oxygen atoms in total. The summed E-state index contributed by atoms with van der Waals surface area (Å²) in [5.74, 6) is 0. The monoisotopic (exact) mass is 252 g/mol. The number of aryl methyl sites for hydroxylation is 2. The average molecular weight is 252 g/mol. The Morgan fingerprint density at radius 3 is 3.06 bits per heavy atom. The van der Waals surface area contributed by atoms with E-state index in [1.165, 1.54) is 34.8 Å². The summed E-state index contributed by atoms with van der Waals surface area (Å²) in [6, 6.07) is 0. The van der Waals surface area contributed by atoms with Gasteiger partial charge >= 0.3 is 0 Å². The van der Waals surface area contributed by atoms with E-state index in [1.807, 2.05) is 11.3 Å². The molecular weight excluding hydrogens is 232 g/mol. The molecule has 2 unspecified atom stereocenters. The summed E-state index contributed by atoms with van der Waals surface area (Å²) in [5, 5.41) is 4.89. The molecule has 17 heavy (non-hydrogen) atoms. The Morgan fingerprint density at radius 1 is 1.53 bits per heavy atom. The fourth-order valence-corrected chi connectivity index (χ4v) is 4.45. The van der Waals surface area contributed by atoms with Crippen molar-refractivity contribution in [2.24, 2.45) is 0 Å². The van der Waals surface area contributed by atoms with Crippen LogP contribution in [0.2, 0.25) is 0 Å². The molecule has 94 valence electrons. The lowest BCUT2D eigenvalue weighted by molar-refractivity contribution is 0.0825. The van der Waals surface area contributed by atoms with E-state index in [1.54, 1.807) is 0 Å². The second kappa shape index (κ2) is 4.34. The maximum atomic E-state index is 5.78. The molecule has 1 aliphatic carbocycles. The molecule has 4 heteroatoms. The average Bonchev–Trinajstić information content (AvgIpc) is 2.93. The van der Waals surface area contributed by atoms with E-state index >= 15 is 0 Å². The molecule has 1 aromatic rings. The first-order valence-electron chi connectivity index (χ1n) is 6.62. The van der Waals surface area contributed by atoms with Crippen LogP contribution in [0.15, 0.2) is 0 Å². The van der Waals surface area contributed by atoms with Gasteiger partial charge in [0.25, 0.3) is 0 Å². The van der Waals surface area contributed by atoms with E-state index in [9.17, 15) is 0 Å². The molecule has 0 bridgehead atoms. The molecule has 1 fully saturated rings. The zero-order valence-electron chi connectivity index (χ0n) is 10.6. The zero-order chi connectivity index (χ0) is 11.9.